The maximum Gasteiger partial charge on any atom is 0.253 e. The number of hydrogen-bond acceptors (Lipinski definition) is 2. The van der Waals surface area contributed by atoms with Crippen LogP contribution < -0.4 is 0 Å². The minimum absolute atomic E-state index is 0.101. The smallest absolute Gasteiger partial charge is 0.253 e. The van der Waals surface area contributed by atoms with Crippen molar-refractivity contribution in [3.05, 3.63) is 63.6 Å². The Bertz CT molecular complexity index is 713. The van der Waals surface area contributed by atoms with E-state index >= 15 is 0 Å². The molecule has 1 fully saturated rings. The van der Waals surface area contributed by atoms with Gasteiger partial charge < -0.3 is 4.90 Å². The summed E-state index contributed by atoms with van der Waals surface area (Å²) in [4.78, 5) is 15.1. The van der Waals surface area contributed by atoms with Crippen LogP contribution in [-0.4, -0.2) is 23.9 Å². The van der Waals surface area contributed by atoms with E-state index in [4.69, 9.17) is 23.2 Å². The monoisotopic (exact) mass is 365 g/mol. The predicted octanol–water partition coefficient (Wildman–Crippen LogP) is 5.52. The third-order valence-corrected chi connectivity index (χ3v) is 5.71. The van der Waals surface area contributed by atoms with Crippen molar-refractivity contribution in [2.24, 2.45) is 0 Å². The molecular weight excluding hydrogens is 349 g/mol. The summed E-state index contributed by atoms with van der Waals surface area (Å²) in [5.41, 5.74) is 1.89. The first-order valence-corrected chi connectivity index (χ1v) is 9.22. The summed E-state index contributed by atoms with van der Waals surface area (Å²) >= 11 is 13.8. The molecule has 0 aromatic heterocycles. The molecule has 0 aliphatic heterocycles. The van der Waals surface area contributed by atoms with Crippen molar-refractivity contribution in [3.63, 3.8) is 0 Å². The van der Waals surface area contributed by atoms with E-state index in [0.717, 1.165) is 34.6 Å². The molecule has 23 heavy (non-hydrogen) atoms. The third kappa shape index (κ3) is 4.23. The van der Waals surface area contributed by atoms with E-state index in [2.05, 4.69) is 0 Å². The van der Waals surface area contributed by atoms with Crippen LogP contribution in [0.25, 0.3) is 0 Å². The van der Waals surface area contributed by atoms with Crippen LogP contribution in [0.1, 0.15) is 28.8 Å². The lowest BCUT2D eigenvalue weighted by atomic mass is 10.1. The number of benzene rings is 2. The van der Waals surface area contributed by atoms with Crippen LogP contribution in [0.3, 0.4) is 0 Å². The first-order chi connectivity index (χ1) is 11.0. The number of amides is 1. The first kappa shape index (κ1) is 16.7. The lowest BCUT2D eigenvalue weighted by Gasteiger charge is -2.16. The van der Waals surface area contributed by atoms with Crippen LogP contribution in [0.4, 0.5) is 0 Å². The van der Waals surface area contributed by atoms with E-state index in [-0.39, 0.29) is 5.91 Å². The highest BCUT2D eigenvalue weighted by atomic mass is 35.5. The van der Waals surface area contributed by atoms with Crippen LogP contribution in [0.15, 0.2) is 47.4 Å². The minimum atomic E-state index is 0.101. The molecule has 0 spiro atoms. The molecule has 0 unspecified atom stereocenters. The highest BCUT2D eigenvalue weighted by Crippen LogP contribution is 2.32. The lowest BCUT2D eigenvalue weighted by molar-refractivity contribution is 0.0785. The maximum atomic E-state index is 12.3. The highest BCUT2D eigenvalue weighted by Gasteiger charge is 2.29. The summed E-state index contributed by atoms with van der Waals surface area (Å²) in [7, 11) is 1.88. The molecule has 1 aliphatic carbocycles. The Kier molecular flexibility index (Phi) is 5.20. The molecule has 1 saturated carbocycles. The summed E-state index contributed by atoms with van der Waals surface area (Å²) in [6.45, 7) is 0. The Labute approximate surface area is 150 Å². The van der Waals surface area contributed by atoms with Gasteiger partial charge in [-0.2, -0.15) is 0 Å². The molecule has 3 rings (SSSR count). The topological polar surface area (TPSA) is 20.3 Å². The van der Waals surface area contributed by atoms with Crippen LogP contribution in [0.5, 0.6) is 0 Å². The summed E-state index contributed by atoms with van der Waals surface area (Å²) in [6, 6.07) is 13.7. The second kappa shape index (κ2) is 7.16. The Balaban J connectivity index is 1.63. The molecule has 0 saturated heterocycles. The number of hydrogen-bond donors (Lipinski definition) is 0. The average molecular weight is 366 g/mol. The maximum absolute atomic E-state index is 12.3. The van der Waals surface area contributed by atoms with Gasteiger partial charge in [0.15, 0.2) is 0 Å². The van der Waals surface area contributed by atoms with Crippen molar-refractivity contribution in [2.45, 2.75) is 29.5 Å². The molecule has 2 nitrogen and oxygen atoms in total. The van der Waals surface area contributed by atoms with Crippen molar-refractivity contribution >= 4 is 40.9 Å². The number of carbonyl (C=O) groups excluding carboxylic acids is 1. The van der Waals surface area contributed by atoms with Crippen molar-refractivity contribution in [1.29, 1.82) is 0 Å². The second-order valence-electron chi connectivity index (χ2n) is 5.71. The fourth-order valence-electron chi connectivity index (χ4n) is 2.32. The van der Waals surface area contributed by atoms with E-state index in [1.54, 1.807) is 17.8 Å². The largest absolute Gasteiger partial charge is 0.339 e. The Morgan fingerprint density at radius 3 is 2.52 bits per heavy atom. The van der Waals surface area contributed by atoms with Gasteiger partial charge in [0.25, 0.3) is 5.91 Å². The number of rotatable bonds is 5. The van der Waals surface area contributed by atoms with Gasteiger partial charge in [0.2, 0.25) is 0 Å². The van der Waals surface area contributed by atoms with E-state index in [0.29, 0.717) is 16.1 Å². The van der Waals surface area contributed by atoms with Crippen LogP contribution in [-0.2, 0) is 5.75 Å². The fourth-order valence-corrected chi connectivity index (χ4v) is 3.77. The van der Waals surface area contributed by atoms with Gasteiger partial charge in [0, 0.05) is 34.3 Å². The molecule has 120 valence electrons. The van der Waals surface area contributed by atoms with E-state index in [1.165, 1.54) is 0 Å². The Morgan fingerprint density at radius 2 is 1.87 bits per heavy atom. The van der Waals surface area contributed by atoms with E-state index in [1.807, 2.05) is 48.3 Å². The molecular formula is C18H17Cl2NOS. The highest BCUT2D eigenvalue weighted by molar-refractivity contribution is 7.98. The standard InChI is InChI=1S/C18H17Cl2NOS/c1-21(15-7-8-15)18(22)13-4-2-12(3-5-13)11-23-17-10-14(19)6-9-16(17)20/h2-6,9-10,15H,7-8,11H2,1H3. The van der Waals surface area contributed by atoms with Crippen molar-refractivity contribution < 1.29 is 4.79 Å². The molecule has 2 aromatic carbocycles. The SMILES string of the molecule is CN(C(=O)c1ccc(CSc2cc(Cl)ccc2Cl)cc1)C1CC1. The van der Waals surface area contributed by atoms with Crippen molar-refractivity contribution in [1.82, 2.24) is 4.90 Å². The number of carbonyl (C=O) groups is 1. The summed E-state index contributed by atoms with van der Waals surface area (Å²) < 4.78 is 0. The molecule has 5 heteroatoms. The zero-order valence-electron chi connectivity index (χ0n) is 12.8. The van der Waals surface area contributed by atoms with Gasteiger partial charge in [-0.3, -0.25) is 4.79 Å². The molecule has 0 atom stereocenters. The Hall–Kier alpha value is -1.16. The average Bonchev–Trinajstić information content (AvgIpc) is 3.40. The van der Waals surface area contributed by atoms with Gasteiger partial charge in [0.1, 0.15) is 0 Å². The second-order valence-corrected chi connectivity index (χ2v) is 7.57. The number of thioether (sulfide) groups is 1. The van der Waals surface area contributed by atoms with Gasteiger partial charge >= 0.3 is 0 Å². The third-order valence-electron chi connectivity index (χ3n) is 3.90. The van der Waals surface area contributed by atoms with Gasteiger partial charge in [-0.1, -0.05) is 35.3 Å². The zero-order valence-corrected chi connectivity index (χ0v) is 15.1. The molecule has 0 bridgehead atoms. The summed E-state index contributed by atoms with van der Waals surface area (Å²) in [6.07, 6.45) is 2.24. The lowest BCUT2D eigenvalue weighted by Crippen LogP contribution is -2.28. The molecule has 1 aliphatic rings. The van der Waals surface area contributed by atoms with Gasteiger partial charge in [0.05, 0.1) is 5.02 Å². The van der Waals surface area contributed by atoms with Crippen LogP contribution in [0.2, 0.25) is 10.0 Å². The molecule has 0 radical (unpaired) electrons. The molecule has 0 heterocycles. The molecule has 2 aromatic rings. The van der Waals surface area contributed by atoms with Crippen LogP contribution >= 0.6 is 35.0 Å². The minimum Gasteiger partial charge on any atom is -0.339 e. The van der Waals surface area contributed by atoms with E-state index in [9.17, 15) is 4.79 Å². The van der Waals surface area contributed by atoms with Crippen molar-refractivity contribution in [2.75, 3.05) is 7.05 Å². The first-order valence-electron chi connectivity index (χ1n) is 7.48. The van der Waals surface area contributed by atoms with Crippen LogP contribution in [0, 0.1) is 0 Å². The normalized spacial score (nSPS) is 13.9. The quantitative estimate of drug-likeness (QED) is 0.650. The van der Waals surface area contributed by atoms with Gasteiger partial charge in [-0.25, -0.2) is 0 Å². The zero-order chi connectivity index (χ0) is 16.4. The van der Waals surface area contributed by atoms with Gasteiger partial charge in [-0.15, -0.1) is 11.8 Å². The fraction of sp³-hybridized carbons (Fsp3) is 0.278. The molecule has 0 N–H and O–H groups in total. The predicted molar refractivity (Wildman–Crippen MR) is 97.6 cm³/mol. The Morgan fingerprint density at radius 1 is 1.17 bits per heavy atom. The number of halogens is 2. The van der Waals surface area contributed by atoms with E-state index < -0.39 is 0 Å². The molecule has 1 amide bonds. The van der Waals surface area contributed by atoms with Crippen molar-refractivity contribution in [3.8, 4) is 0 Å². The summed E-state index contributed by atoms with van der Waals surface area (Å²) in [5, 5.41) is 1.39. The summed E-state index contributed by atoms with van der Waals surface area (Å²) in [5.74, 6) is 0.886. The van der Waals surface area contributed by atoms with Gasteiger partial charge in [-0.05, 0) is 48.7 Å². The number of nitrogens with zero attached hydrogens (tertiary/aromatic N) is 1.